The van der Waals surface area contributed by atoms with Crippen molar-refractivity contribution in [2.75, 3.05) is 0 Å². The molecule has 1 N–H and O–H groups in total. The molecule has 18 heavy (non-hydrogen) atoms. The number of thiophene rings is 1. The fraction of sp³-hybridized carbons (Fsp3) is 0.286. The van der Waals surface area contributed by atoms with Crippen molar-refractivity contribution in [2.45, 2.75) is 25.9 Å². The molecule has 0 saturated carbocycles. The number of hydrogen-bond acceptors (Lipinski definition) is 2. The normalized spacial score (nSPS) is 12.6. The molecule has 2 rings (SSSR count). The van der Waals surface area contributed by atoms with E-state index in [0.29, 0.717) is 0 Å². The zero-order valence-corrected chi connectivity index (χ0v) is 12.5. The number of hydrogen-bond donors (Lipinski definition) is 1. The van der Waals surface area contributed by atoms with Gasteiger partial charge >= 0.3 is 0 Å². The van der Waals surface area contributed by atoms with Gasteiger partial charge in [-0.25, -0.2) is 4.39 Å². The Morgan fingerprint density at radius 3 is 2.83 bits per heavy atom. The summed E-state index contributed by atoms with van der Waals surface area (Å²) in [5, 5.41) is 5.54. The van der Waals surface area contributed by atoms with Gasteiger partial charge in [0.05, 0.1) is 0 Å². The van der Waals surface area contributed by atoms with Crippen LogP contribution in [-0.4, -0.2) is 0 Å². The Kier molecular flexibility index (Phi) is 4.92. The second-order valence-electron chi connectivity index (χ2n) is 4.13. The van der Waals surface area contributed by atoms with Gasteiger partial charge < -0.3 is 5.32 Å². The molecule has 2 aromatic rings. The second kappa shape index (κ2) is 6.45. The molecule has 0 fully saturated rings. The van der Waals surface area contributed by atoms with Crippen LogP contribution in [0, 0.1) is 5.82 Å². The predicted octanol–water partition coefficient (Wildman–Crippen LogP) is 4.89. The van der Waals surface area contributed by atoms with Crippen molar-refractivity contribution in [3.05, 3.63) is 56.4 Å². The minimum Gasteiger partial charge on any atom is -0.305 e. The molecule has 0 amide bonds. The Hall–Kier alpha value is -0.710. The summed E-state index contributed by atoms with van der Waals surface area (Å²) in [4.78, 5) is 1.27. The summed E-state index contributed by atoms with van der Waals surface area (Å²) in [6.45, 7) is 2.91. The van der Waals surface area contributed by atoms with E-state index in [1.165, 1.54) is 10.9 Å². The summed E-state index contributed by atoms with van der Waals surface area (Å²) in [6.07, 6.45) is 0.940. The van der Waals surface area contributed by atoms with Gasteiger partial charge in [0.1, 0.15) is 5.82 Å². The minimum atomic E-state index is -0.174. The number of rotatable bonds is 5. The lowest BCUT2D eigenvalue weighted by atomic mass is 10.0. The lowest BCUT2D eigenvalue weighted by Crippen LogP contribution is -2.19. The van der Waals surface area contributed by atoms with Gasteiger partial charge in [-0.05, 0) is 46.1 Å². The Morgan fingerprint density at radius 2 is 2.22 bits per heavy atom. The van der Waals surface area contributed by atoms with E-state index in [1.54, 1.807) is 23.5 Å². The molecule has 0 bridgehead atoms. The first-order chi connectivity index (χ1) is 8.69. The van der Waals surface area contributed by atoms with E-state index in [0.717, 1.165) is 23.0 Å². The maximum atomic E-state index is 13.2. The Bertz CT molecular complexity index is 512. The first-order valence-corrected chi connectivity index (χ1v) is 7.58. The Labute approximate surface area is 119 Å². The monoisotopic (exact) mass is 327 g/mol. The first kappa shape index (κ1) is 13.7. The molecule has 1 aromatic carbocycles. The van der Waals surface area contributed by atoms with Gasteiger partial charge in [-0.1, -0.05) is 19.1 Å². The van der Waals surface area contributed by atoms with Crippen LogP contribution in [0.2, 0.25) is 0 Å². The van der Waals surface area contributed by atoms with Gasteiger partial charge in [0, 0.05) is 27.3 Å². The average molecular weight is 328 g/mol. The van der Waals surface area contributed by atoms with Crippen LogP contribution in [-0.2, 0) is 6.54 Å². The summed E-state index contributed by atoms with van der Waals surface area (Å²) in [5.74, 6) is -0.174. The van der Waals surface area contributed by atoms with Crippen LogP contribution in [0.3, 0.4) is 0 Å². The molecular weight excluding hydrogens is 313 g/mol. The van der Waals surface area contributed by atoms with Gasteiger partial charge in [-0.3, -0.25) is 0 Å². The molecule has 0 saturated heterocycles. The van der Waals surface area contributed by atoms with Gasteiger partial charge in [0.25, 0.3) is 0 Å². The van der Waals surface area contributed by atoms with E-state index in [-0.39, 0.29) is 11.9 Å². The van der Waals surface area contributed by atoms with Gasteiger partial charge in [-0.2, -0.15) is 0 Å². The summed E-state index contributed by atoms with van der Waals surface area (Å²) in [5.41, 5.74) is 1.01. The quantitative estimate of drug-likeness (QED) is 0.824. The predicted molar refractivity (Wildman–Crippen MR) is 78.3 cm³/mol. The van der Waals surface area contributed by atoms with E-state index in [1.807, 2.05) is 6.07 Å². The lowest BCUT2D eigenvalue weighted by molar-refractivity contribution is 0.517. The molecule has 0 aliphatic carbocycles. The molecule has 0 aliphatic rings. The van der Waals surface area contributed by atoms with Crippen molar-refractivity contribution in [1.29, 1.82) is 0 Å². The lowest BCUT2D eigenvalue weighted by Gasteiger charge is -2.17. The number of benzene rings is 1. The van der Waals surface area contributed by atoms with Crippen molar-refractivity contribution < 1.29 is 4.39 Å². The van der Waals surface area contributed by atoms with Crippen molar-refractivity contribution in [3.63, 3.8) is 0 Å². The van der Waals surface area contributed by atoms with E-state index >= 15 is 0 Å². The van der Waals surface area contributed by atoms with Crippen LogP contribution in [0.25, 0.3) is 0 Å². The van der Waals surface area contributed by atoms with E-state index < -0.39 is 0 Å². The van der Waals surface area contributed by atoms with Crippen LogP contribution in [0.1, 0.15) is 29.8 Å². The molecule has 0 spiro atoms. The molecule has 1 heterocycles. The molecular formula is C14H15BrFNS. The summed E-state index contributed by atoms with van der Waals surface area (Å²) in [7, 11) is 0. The highest BCUT2D eigenvalue weighted by Crippen LogP contribution is 2.22. The Balaban J connectivity index is 2.01. The smallest absolute Gasteiger partial charge is 0.123 e. The molecule has 96 valence electrons. The molecule has 4 heteroatoms. The third kappa shape index (κ3) is 3.64. The summed E-state index contributed by atoms with van der Waals surface area (Å²) in [6, 6.07) is 9.11. The van der Waals surface area contributed by atoms with Crippen LogP contribution >= 0.6 is 27.3 Å². The molecule has 1 atom stereocenters. The first-order valence-electron chi connectivity index (χ1n) is 5.90. The van der Waals surface area contributed by atoms with Crippen molar-refractivity contribution >= 4 is 27.3 Å². The van der Waals surface area contributed by atoms with E-state index in [2.05, 4.69) is 39.6 Å². The summed E-state index contributed by atoms with van der Waals surface area (Å²) >= 11 is 5.16. The third-order valence-electron chi connectivity index (χ3n) is 2.80. The third-order valence-corrected chi connectivity index (χ3v) is 4.50. The maximum Gasteiger partial charge on any atom is 0.123 e. The highest BCUT2D eigenvalue weighted by Gasteiger charge is 2.09. The fourth-order valence-electron chi connectivity index (χ4n) is 1.89. The minimum absolute atomic E-state index is 0.174. The standard InChI is InChI=1S/C14H15BrFNS/c1-2-14(10-4-3-5-12(16)6-10)17-8-13-7-11(15)9-18-13/h3-7,9,14,17H,2,8H2,1H3. The molecule has 0 aliphatic heterocycles. The zero-order valence-electron chi connectivity index (χ0n) is 10.1. The highest BCUT2D eigenvalue weighted by atomic mass is 79.9. The number of halogens is 2. The average Bonchev–Trinajstić information content (AvgIpc) is 2.76. The molecule has 1 nitrogen and oxygen atoms in total. The van der Waals surface area contributed by atoms with Gasteiger partial charge in [0.2, 0.25) is 0 Å². The van der Waals surface area contributed by atoms with Crippen LogP contribution < -0.4 is 5.32 Å². The van der Waals surface area contributed by atoms with E-state index in [9.17, 15) is 4.39 Å². The number of nitrogens with one attached hydrogen (secondary N) is 1. The molecule has 0 radical (unpaired) electrons. The SMILES string of the molecule is CCC(NCc1cc(Br)cs1)c1cccc(F)c1. The van der Waals surface area contributed by atoms with E-state index in [4.69, 9.17) is 0 Å². The van der Waals surface area contributed by atoms with Crippen LogP contribution in [0.4, 0.5) is 4.39 Å². The maximum absolute atomic E-state index is 13.2. The largest absolute Gasteiger partial charge is 0.305 e. The van der Waals surface area contributed by atoms with Crippen molar-refractivity contribution in [2.24, 2.45) is 0 Å². The second-order valence-corrected chi connectivity index (χ2v) is 6.04. The Morgan fingerprint density at radius 1 is 1.39 bits per heavy atom. The highest BCUT2D eigenvalue weighted by molar-refractivity contribution is 9.10. The van der Waals surface area contributed by atoms with Crippen LogP contribution in [0.5, 0.6) is 0 Å². The van der Waals surface area contributed by atoms with Crippen molar-refractivity contribution in [3.8, 4) is 0 Å². The summed E-state index contributed by atoms with van der Waals surface area (Å²) < 4.78 is 14.3. The van der Waals surface area contributed by atoms with Gasteiger partial charge in [0.15, 0.2) is 0 Å². The molecule has 1 unspecified atom stereocenters. The topological polar surface area (TPSA) is 12.0 Å². The van der Waals surface area contributed by atoms with Gasteiger partial charge in [-0.15, -0.1) is 11.3 Å². The zero-order chi connectivity index (χ0) is 13.0. The fourth-order valence-corrected chi connectivity index (χ4v) is 3.29. The van der Waals surface area contributed by atoms with Crippen LogP contribution in [0.15, 0.2) is 40.2 Å². The van der Waals surface area contributed by atoms with Crippen molar-refractivity contribution in [1.82, 2.24) is 5.32 Å². The molecule has 1 aromatic heterocycles.